The fourth-order valence-corrected chi connectivity index (χ4v) is 4.17. The molecule has 1 amide bonds. The number of methoxy groups -OCH3 is 2. The molecule has 10 heteroatoms. The molecular weight excluding hydrogens is 515 g/mol. The van der Waals surface area contributed by atoms with Gasteiger partial charge in [0.15, 0.2) is 28.8 Å². The highest BCUT2D eigenvalue weighted by atomic mass is 19.1. The summed E-state index contributed by atoms with van der Waals surface area (Å²) in [6.07, 6.45) is 1.54. The Morgan fingerprint density at radius 1 is 0.925 bits per heavy atom. The van der Waals surface area contributed by atoms with E-state index in [1.54, 1.807) is 25.1 Å². The van der Waals surface area contributed by atoms with Gasteiger partial charge in [-0.05, 0) is 42.3 Å². The van der Waals surface area contributed by atoms with Crippen molar-refractivity contribution in [2.75, 3.05) is 14.2 Å². The zero-order valence-corrected chi connectivity index (χ0v) is 22.0. The Balaban J connectivity index is 1.43. The number of benzene rings is 3. The lowest BCUT2D eigenvalue weighted by atomic mass is 10.1. The maximum absolute atomic E-state index is 15.3. The summed E-state index contributed by atoms with van der Waals surface area (Å²) in [5.74, 6) is 0.0588. The summed E-state index contributed by atoms with van der Waals surface area (Å²) in [5, 5.41) is 7.62. The van der Waals surface area contributed by atoms with Crippen LogP contribution in [0.3, 0.4) is 0 Å². The van der Waals surface area contributed by atoms with Crippen molar-refractivity contribution in [2.45, 2.75) is 13.5 Å². The van der Waals surface area contributed by atoms with Gasteiger partial charge in [0, 0.05) is 36.3 Å². The van der Waals surface area contributed by atoms with Crippen LogP contribution in [-0.4, -0.2) is 34.9 Å². The van der Waals surface area contributed by atoms with Gasteiger partial charge >= 0.3 is 0 Å². The molecule has 0 aliphatic carbocycles. The van der Waals surface area contributed by atoms with E-state index in [4.69, 9.17) is 14.2 Å². The summed E-state index contributed by atoms with van der Waals surface area (Å²) in [4.78, 5) is 29.9. The van der Waals surface area contributed by atoms with E-state index < -0.39 is 17.3 Å². The molecule has 0 unspecified atom stereocenters. The third kappa shape index (κ3) is 5.32. The molecule has 0 fully saturated rings. The molecule has 202 valence electrons. The Kier molecular flexibility index (Phi) is 7.41. The summed E-state index contributed by atoms with van der Waals surface area (Å²) in [7, 11) is 3.04. The summed E-state index contributed by atoms with van der Waals surface area (Å²) >= 11 is 0. The number of ether oxygens (including phenoxy) is 3. The van der Waals surface area contributed by atoms with Crippen LogP contribution >= 0.6 is 0 Å². The van der Waals surface area contributed by atoms with Crippen molar-refractivity contribution in [2.24, 2.45) is 0 Å². The SMILES string of the molecule is COc1cc2nccc(Oc3ccc(-n4nc(C(=O)NCc5ccccc5)c(C)cc4=O)cc3F)c2cc1OC. The van der Waals surface area contributed by atoms with Crippen molar-refractivity contribution in [1.82, 2.24) is 20.1 Å². The lowest BCUT2D eigenvalue weighted by Crippen LogP contribution is -2.30. The van der Waals surface area contributed by atoms with Gasteiger partial charge in [0.1, 0.15) is 5.75 Å². The minimum absolute atomic E-state index is 0.0592. The molecule has 0 saturated carbocycles. The third-order valence-electron chi connectivity index (χ3n) is 6.22. The average Bonchev–Trinajstić information content (AvgIpc) is 2.97. The predicted molar refractivity (Wildman–Crippen MR) is 147 cm³/mol. The molecule has 0 aliphatic rings. The first-order valence-electron chi connectivity index (χ1n) is 12.3. The van der Waals surface area contributed by atoms with E-state index in [2.05, 4.69) is 15.4 Å². The number of nitrogens with zero attached hydrogens (tertiary/aromatic N) is 3. The van der Waals surface area contributed by atoms with Crippen LogP contribution < -0.4 is 25.1 Å². The Morgan fingerprint density at radius 3 is 2.40 bits per heavy atom. The monoisotopic (exact) mass is 540 g/mol. The normalized spacial score (nSPS) is 10.8. The van der Waals surface area contributed by atoms with Crippen LogP contribution in [0.4, 0.5) is 4.39 Å². The van der Waals surface area contributed by atoms with E-state index in [0.717, 1.165) is 16.3 Å². The van der Waals surface area contributed by atoms with Gasteiger partial charge < -0.3 is 19.5 Å². The van der Waals surface area contributed by atoms with E-state index in [1.165, 1.54) is 38.6 Å². The molecule has 5 aromatic rings. The van der Waals surface area contributed by atoms with Crippen molar-refractivity contribution in [3.8, 4) is 28.7 Å². The van der Waals surface area contributed by atoms with E-state index in [1.807, 2.05) is 30.3 Å². The lowest BCUT2D eigenvalue weighted by Gasteiger charge is -2.14. The molecule has 0 spiro atoms. The van der Waals surface area contributed by atoms with Gasteiger partial charge in [0.05, 0.1) is 25.4 Å². The first kappa shape index (κ1) is 26.4. The van der Waals surface area contributed by atoms with Gasteiger partial charge in [-0.3, -0.25) is 14.6 Å². The first-order chi connectivity index (χ1) is 19.4. The van der Waals surface area contributed by atoms with Crippen LogP contribution in [0.15, 0.2) is 83.8 Å². The van der Waals surface area contributed by atoms with E-state index in [-0.39, 0.29) is 17.1 Å². The van der Waals surface area contributed by atoms with E-state index in [0.29, 0.717) is 40.3 Å². The number of carbonyl (C=O) groups excluding carboxylic acids is 1. The number of aryl methyl sites for hydroxylation is 1. The largest absolute Gasteiger partial charge is 0.493 e. The number of hydrogen-bond acceptors (Lipinski definition) is 7. The zero-order valence-electron chi connectivity index (χ0n) is 22.0. The highest BCUT2D eigenvalue weighted by Crippen LogP contribution is 2.37. The van der Waals surface area contributed by atoms with Crippen LogP contribution in [0.5, 0.6) is 23.0 Å². The molecule has 0 radical (unpaired) electrons. The van der Waals surface area contributed by atoms with Gasteiger partial charge in [-0.1, -0.05) is 30.3 Å². The molecule has 9 nitrogen and oxygen atoms in total. The number of aromatic nitrogens is 3. The molecule has 3 aromatic carbocycles. The van der Waals surface area contributed by atoms with Gasteiger partial charge in [-0.2, -0.15) is 9.78 Å². The number of amides is 1. The average molecular weight is 541 g/mol. The van der Waals surface area contributed by atoms with Crippen molar-refractivity contribution < 1.29 is 23.4 Å². The fourth-order valence-electron chi connectivity index (χ4n) is 4.17. The molecular formula is C30H25FN4O5. The highest BCUT2D eigenvalue weighted by molar-refractivity contribution is 5.93. The molecule has 0 bridgehead atoms. The molecule has 40 heavy (non-hydrogen) atoms. The van der Waals surface area contributed by atoms with Crippen molar-refractivity contribution in [3.63, 3.8) is 0 Å². The first-order valence-corrected chi connectivity index (χ1v) is 12.3. The topological polar surface area (TPSA) is 105 Å². The highest BCUT2D eigenvalue weighted by Gasteiger charge is 2.17. The summed E-state index contributed by atoms with van der Waals surface area (Å²) in [6, 6.07) is 19.7. The second-order valence-electron chi connectivity index (χ2n) is 8.84. The summed E-state index contributed by atoms with van der Waals surface area (Å²) < 4.78 is 32.8. The zero-order chi connectivity index (χ0) is 28.2. The predicted octanol–water partition coefficient (Wildman–Crippen LogP) is 4.97. The van der Waals surface area contributed by atoms with Crippen molar-refractivity contribution in [3.05, 3.63) is 112 Å². The molecule has 2 heterocycles. The Hall–Kier alpha value is -5.25. The molecule has 1 N–H and O–H groups in total. The fraction of sp³-hybridized carbons (Fsp3) is 0.133. The van der Waals surface area contributed by atoms with E-state index >= 15 is 4.39 Å². The molecule has 0 aliphatic heterocycles. The number of pyridine rings is 1. The van der Waals surface area contributed by atoms with Gasteiger partial charge in [-0.15, -0.1) is 0 Å². The number of rotatable bonds is 8. The third-order valence-corrected chi connectivity index (χ3v) is 6.22. The number of halogens is 1. The lowest BCUT2D eigenvalue weighted by molar-refractivity contribution is 0.0943. The standard InChI is InChI=1S/C30H25FN4O5/c1-18-13-28(36)35(34-29(18)30(37)33-17-19-7-5-4-6-8-19)20-9-10-25(22(31)14-20)40-24-11-12-32-23-16-27(39-3)26(38-2)15-21(23)24/h4-16H,17H2,1-3H3,(H,33,37). The smallest absolute Gasteiger partial charge is 0.272 e. The Morgan fingerprint density at radius 2 is 1.68 bits per heavy atom. The van der Waals surface area contributed by atoms with Crippen LogP contribution in [0, 0.1) is 12.7 Å². The summed E-state index contributed by atoms with van der Waals surface area (Å²) in [5.41, 5.74) is 1.58. The van der Waals surface area contributed by atoms with Gasteiger partial charge in [0.25, 0.3) is 11.5 Å². The minimum atomic E-state index is -0.729. The molecule has 2 aromatic heterocycles. The summed E-state index contributed by atoms with van der Waals surface area (Å²) in [6.45, 7) is 1.92. The van der Waals surface area contributed by atoms with E-state index in [9.17, 15) is 9.59 Å². The van der Waals surface area contributed by atoms with Crippen LogP contribution in [0.1, 0.15) is 21.6 Å². The second-order valence-corrected chi connectivity index (χ2v) is 8.84. The van der Waals surface area contributed by atoms with Crippen LogP contribution in [0.2, 0.25) is 0 Å². The van der Waals surface area contributed by atoms with Crippen LogP contribution in [-0.2, 0) is 6.54 Å². The molecule has 5 rings (SSSR count). The number of fused-ring (bicyclic) bond motifs is 1. The molecule has 0 atom stereocenters. The number of carbonyl (C=O) groups is 1. The molecule has 0 saturated heterocycles. The number of nitrogens with one attached hydrogen (secondary N) is 1. The maximum Gasteiger partial charge on any atom is 0.272 e. The maximum atomic E-state index is 15.3. The quantitative estimate of drug-likeness (QED) is 0.296. The van der Waals surface area contributed by atoms with Crippen molar-refractivity contribution in [1.29, 1.82) is 0 Å². The van der Waals surface area contributed by atoms with Crippen LogP contribution in [0.25, 0.3) is 16.6 Å². The van der Waals surface area contributed by atoms with Gasteiger partial charge in [-0.25, -0.2) is 4.39 Å². The number of hydrogen-bond donors (Lipinski definition) is 1. The van der Waals surface area contributed by atoms with Crippen molar-refractivity contribution >= 4 is 16.8 Å². The van der Waals surface area contributed by atoms with Gasteiger partial charge in [0.2, 0.25) is 0 Å². The minimum Gasteiger partial charge on any atom is -0.493 e. The Bertz CT molecular complexity index is 1770. The Labute approximate surface area is 228 Å². The second kappa shape index (κ2) is 11.2.